The van der Waals surface area contributed by atoms with Crippen molar-refractivity contribution in [3.8, 4) is 6.08 Å². The summed E-state index contributed by atoms with van der Waals surface area (Å²) < 4.78 is 11.0. The number of aromatic nitrogens is 1. The van der Waals surface area contributed by atoms with Crippen molar-refractivity contribution in [3.63, 3.8) is 0 Å². The van der Waals surface area contributed by atoms with E-state index in [0.717, 1.165) is 12.1 Å². The smallest absolute Gasteiger partial charge is 0.395 e. The predicted octanol–water partition coefficient (Wildman–Crippen LogP) is 5.29. The molecule has 0 saturated heterocycles. The van der Waals surface area contributed by atoms with Gasteiger partial charge in [0.15, 0.2) is 12.2 Å². The second-order valence-electron chi connectivity index (χ2n) is 7.02. The highest BCUT2D eigenvalue weighted by Crippen LogP contribution is 2.24. The first kappa shape index (κ1) is 20.3. The summed E-state index contributed by atoms with van der Waals surface area (Å²) in [7, 11) is 0. The van der Waals surface area contributed by atoms with Crippen molar-refractivity contribution >= 4 is 28.6 Å². The number of hydrogen-bond donors (Lipinski definition) is 0. The van der Waals surface area contributed by atoms with Crippen LogP contribution in [0, 0.1) is 11.8 Å². The molecule has 0 aliphatic heterocycles. The van der Waals surface area contributed by atoms with Gasteiger partial charge in [0.2, 0.25) is 0 Å². The Morgan fingerprint density at radius 3 is 2.69 bits per heavy atom. The number of rotatable bonds is 8. The topological polar surface area (TPSA) is 55.6 Å². The molecule has 2 aromatic rings. The molecule has 0 fully saturated rings. The highest BCUT2D eigenvalue weighted by Gasteiger charge is 2.19. The van der Waals surface area contributed by atoms with Crippen LogP contribution in [0.3, 0.4) is 0 Å². The van der Waals surface area contributed by atoms with E-state index in [1.54, 1.807) is 23.1 Å². The van der Waals surface area contributed by atoms with Crippen molar-refractivity contribution in [1.29, 1.82) is 0 Å². The molecule has 26 heavy (non-hydrogen) atoms. The number of hydrogen-bond acceptors (Lipinski definition) is 4. The number of oxazole rings is 1. The molecule has 2 rings (SSSR count). The molecule has 1 aromatic carbocycles. The first-order chi connectivity index (χ1) is 12.3. The Hall–Kier alpha value is -2.01. The maximum absolute atomic E-state index is 12.7. The minimum Gasteiger partial charge on any atom is -0.440 e. The maximum Gasteiger partial charge on any atom is 0.395 e. The lowest BCUT2D eigenvalue weighted by molar-refractivity contribution is -0.131. The van der Waals surface area contributed by atoms with Crippen molar-refractivity contribution < 1.29 is 13.9 Å². The summed E-state index contributed by atoms with van der Waals surface area (Å²) in [6.07, 6.45) is 3.06. The molecule has 0 saturated carbocycles. The Labute approximate surface area is 160 Å². The second kappa shape index (κ2) is 9.08. The molecule has 6 heteroatoms. The minimum absolute atomic E-state index is 0.0740. The van der Waals surface area contributed by atoms with Crippen LogP contribution in [0.2, 0.25) is 5.02 Å². The zero-order valence-corrected chi connectivity index (χ0v) is 16.8. The lowest BCUT2D eigenvalue weighted by Crippen LogP contribution is -2.35. The van der Waals surface area contributed by atoms with Crippen LogP contribution < -0.4 is 4.74 Å². The van der Waals surface area contributed by atoms with Crippen molar-refractivity contribution in [2.24, 2.45) is 11.8 Å². The van der Waals surface area contributed by atoms with Gasteiger partial charge < -0.3 is 14.1 Å². The first-order valence-electron chi connectivity index (χ1n) is 9.00. The van der Waals surface area contributed by atoms with Gasteiger partial charge in [0.1, 0.15) is 5.52 Å². The summed E-state index contributed by atoms with van der Waals surface area (Å²) in [5, 5.41) is 0.572. The third-order valence-electron chi connectivity index (χ3n) is 3.76. The number of likely N-dealkylation sites (N-methyl/N-ethyl adjacent to an activating group) is 1. The van der Waals surface area contributed by atoms with Crippen molar-refractivity contribution in [2.75, 3.05) is 13.2 Å². The van der Waals surface area contributed by atoms with E-state index in [1.807, 2.05) is 6.92 Å². The van der Waals surface area contributed by atoms with E-state index in [-0.39, 0.29) is 18.6 Å². The molecule has 0 spiro atoms. The molecule has 0 aliphatic rings. The Bertz CT molecular complexity index is 780. The molecule has 0 radical (unpaired) electrons. The molecule has 0 aliphatic carbocycles. The third kappa shape index (κ3) is 5.49. The van der Waals surface area contributed by atoms with Gasteiger partial charge in [-0.25, -0.2) is 0 Å². The maximum atomic E-state index is 12.7. The Kier molecular flexibility index (Phi) is 7.09. The largest absolute Gasteiger partial charge is 0.440 e. The van der Waals surface area contributed by atoms with Gasteiger partial charge in [-0.05, 0) is 43.4 Å². The Balaban J connectivity index is 2.09. The van der Waals surface area contributed by atoms with Crippen LogP contribution in [-0.2, 0) is 4.79 Å². The number of benzene rings is 1. The molecule has 0 atom stereocenters. The zero-order chi connectivity index (χ0) is 19.3. The van der Waals surface area contributed by atoms with Crippen molar-refractivity contribution in [3.05, 3.63) is 35.0 Å². The molecule has 5 nitrogen and oxygen atoms in total. The van der Waals surface area contributed by atoms with E-state index in [0.29, 0.717) is 34.5 Å². The average molecular weight is 379 g/mol. The summed E-state index contributed by atoms with van der Waals surface area (Å²) in [4.78, 5) is 18.7. The van der Waals surface area contributed by atoms with Gasteiger partial charge in [0.25, 0.3) is 5.91 Å². The Morgan fingerprint density at radius 2 is 2.08 bits per heavy atom. The summed E-state index contributed by atoms with van der Waals surface area (Å²) in [6.45, 7) is 10.9. The molecule has 0 bridgehead atoms. The lowest BCUT2D eigenvalue weighted by atomic mass is 10.0. The van der Waals surface area contributed by atoms with E-state index in [9.17, 15) is 4.79 Å². The molecule has 142 valence electrons. The van der Waals surface area contributed by atoms with Crippen LogP contribution in [-0.4, -0.2) is 28.9 Å². The van der Waals surface area contributed by atoms with E-state index >= 15 is 0 Å². The molecule has 1 heterocycles. The van der Waals surface area contributed by atoms with Gasteiger partial charge in [-0.2, -0.15) is 4.98 Å². The minimum atomic E-state index is -0.123. The predicted molar refractivity (Wildman–Crippen MR) is 104 cm³/mol. The average Bonchev–Trinajstić information content (AvgIpc) is 2.94. The number of fused-ring (bicyclic) bond motifs is 1. The van der Waals surface area contributed by atoms with E-state index in [1.165, 1.54) is 0 Å². The first-order valence-corrected chi connectivity index (χ1v) is 9.37. The number of ether oxygens (including phenoxy) is 1. The summed E-state index contributed by atoms with van der Waals surface area (Å²) in [6, 6.07) is 5.14. The zero-order valence-electron chi connectivity index (χ0n) is 16.1. The quantitative estimate of drug-likeness (QED) is 0.625. The van der Waals surface area contributed by atoms with E-state index in [2.05, 4.69) is 38.8 Å². The number of halogens is 1. The van der Waals surface area contributed by atoms with Gasteiger partial charge in [-0.1, -0.05) is 45.4 Å². The fourth-order valence-corrected chi connectivity index (χ4v) is 2.92. The highest BCUT2D eigenvalue weighted by molar-refractivity contribution is 6.31. The fraction of sp³-hybridized carbons (Fsp3) is 0.500. The highest BCUT2D eigenvalue weighted by atomic mass is 35.5. The van der Waals surface area contributed by atoms with Crippen LogP contribution in [0.5, 0.6) is 6.08 Å². The molecule has 0 N–H and O–H groups in total. The van der Waals surface area contributed by atoms with E-state index in [4.69, 9.17) is 20.8 Å². The molecule has 0 unspecified atom stereocenters. The van der Waals surface area contributed by atoms with Gasteiger partial charge in [-0.3, -0.25) is 4.79 Å². The number of nitrogens with zero attached hydrogens (tertiary/aromatic N) is 2. The van der Waals surface area contributed by atoms with Crippen molar-refractivity contribution in [2.45, 2.75) is 41.0 Å². The monoisotopic (exact) mass is 378 g/mol. The molecular weight excluding hydrogens is 352 g/mol. The number of carbonyl (C=O) groups excluding carboxylic acids is 1. The number of carbonyl (C=O) groups is 1. The number of amides is 1. The van der Waals surface area contributed by atoms with Crippen molar-refractivity contribution in [1.82, 2.24) is 9.88 Å². The SMILES string of the molecule is CCN(C(=O)COc1nc2cc(Cl)ccc2o1)/C(=C\C(C)C)CC(C)C. The van der Waals surface area contributed by atoms with Crippen LogP contribution in [0.25, 0.3) is 11.1 Å². The fourth-order valence-electron chi connectivity index (χ4n) is 2.75. The molecular formula is C20H27ClN2O3. The molecule has 1 amide bonds. The van der Waals surface area contributed by atoms with Crippen LogP contribution >= 0.6 is 11.6 Å². The van der Waals surface area contributed by atoms with Crippen LogP contribution in [0.4, 0.5) is 0 Å². The third-order valence-corrected chi connectivity index (χ3v) is 3.99. The lowest BCUT2D eigenvalue weighted by Gasteiger charge is -2.26. The second-order valence-corrected chi connectivity index (χ2v) is 7.45. The van der Waals surface area contributed by atoms with Crippen LogP contribution in [0.15, 0.2) is 34.4 Å². The standard InChI is InChI=1S/C20H27ClN2O3/c1-6-23(16(9-13(2)3)10-14(4)5)19(24)12-25-20-22-17-11-15(21)7-8-18(17)26-20/h7-9,11,13-14H,6,10,12H2,1-5H3/b16-9-. The van der Waals surface area contributed by atoms with Gasteiger partial charge in [0, 0.05) is 17.3 Å². The number of allylic oxidation sites excluding steroid dienone is 2. The van der Waals surface area contributed by atoms with Gasteiger partial charge >= 0.3 is 6.08 Å². The Morgan fingerprint density at radius 1 is 1.35 bits per heavy atom. The summed E-state index contributed by atoms with van der Waals surface area (Å²) in [5.41, 5.74) is 2.22. The van der Waals surface area contributed by atoms with Gasteiger partial charge in [0.05, 0.1) is 0 Å². The van der Waals surface area contributed by atoms with Crippen LogP contribution in [0.1, 0.15) is 41.0 Å². The van der Waals surface area contributed by atoms with E-state index < -0.39 is 0 Å². The summed E-state index contributed by atoms with van der Waals surface area (Å²) in [5.74, 6) is 0.721. The summed E-state index contributed by atoms with van der Waals surface area (Å²) >= 11 is 5.94. The molecule has 1 aromatic heterocycles. The normalized spacial score (nSPS) is 12.2. The van der Waals surface area contributed by atoms with Gasteiger partial charge in [-0.15, -0.1) is 0 Å².